The summed E-state index contributed by atoms with van der Waals surface area (Å²) in [5.74, 6) is -4.68. The van der Waals surface area contributed by atoms with Gasteiger partial charge < -0.3 is 10.2 Å². The fourth-order valence-electron chi connectivity index (χ4n) is 2.57. The highest BCUT2D eigenvalue weighted by molar-refractivity contribution is 6.32. The average molecular weight is 285 g/mol. The Morgan fingerprint density at radius 3 is 1.90 bits per heavy atom. The van der Waals surface area contributed by atoms with E-state index < -0.39 is 40.4 Å². The topological polar surface area (TPSA) is 121 Å². The van der Waals surface area contributed by atoms with Crippen molar-refractivity contribution < 1.29 is 29.4 Å². The molecule has 0 unspecified atom stereocenters. The van der Waals surface area contributed by atoms with E-state index in [9.17, 15) is 29.4 Å². The Morgan fingerprint density at radius 2 is 1.33 bits per heavy atom. The third-order valence-corrected chi connectivity index (χ3v) is 3.32. The van der Waals surface area contributed by atoms with Gasteiger partial charge in [0.1, 0.15) is 0 Å². The number of aromatic carboxylic acids is 2. The van der Waals surface area contributed by atoms with Crippen molar-refractivity contribution in [2.75, 3.05) is 0 Å². The van der Waals surface area contributed by atoms with Crippen molar-refractivity contribution in [1.82, 2.24) is 5.32 Å². The number of rotatable bonds is 2. The summed E-state index contributed by atoms with van der Waals surface area (Å²) in [6.45, 7) is 0. The molecule has 3 N–H and O–H groups in total. The molecule has 2 aromatic carbocycles. The minimum Gasteiger partial charge on any atom is -0.478 e. The van der Waals surface area contributed by atoms with Crippen LogP contribution in [0.4, 0.5) is 0 Å². The van der Waals surface area contributed by atoms with Crippen LogP contribution in [-0.4, -0.2) is 34.0 Å². The maximum absolute atomic E-state index is 11.9. The van der Waals surface area contributed by atoms with E-state index in [0.29, 0.717) is 0 Å². The maximum Gasteiger partial charge on any atom is 0.337 e. The lowest BCUT2D eigenvalue weighted by Gasteiger charge is -2.11. The summed E-state index contributed by atoms with van der Waals surface area (Å²) in [5, 5.41) is 20.9. The van der Waals surface area contributed by atoms with Crippen LogP contribution in [0, 0.1) is 0 Å². The van der Waals surface area contributed by atoms with Gasteiger partial charge in [-0.05, 0) is 10.8 Å². The average Bonchev–Trinajstić information content (AvgIpc) is 2.72. The number of carbonyl (C=O) groups excluding carboxylic acids is 2. The quantitative estimate of drug-likeness (QED) is 0.711. The van der Waals surface area contributed by atoms with Crippen LogP contribution in [0.1, 0.15) is 41.4 Å². The molecule has 2 aromatic rings. The van der Waals surface area contributed by atoms with Gasteiger partial charge in [-0.1, -0.05) is 24.3 Å². The second-order valence-corrected chi connectivity index (χ2v) is 4.44. The Kier molecular flexibility index (Phi) is 2.52. The lowest BCUT2D eigenvalue weighted by molar-refractivity contribution is 0.0651. The Balaban J connectivity index is 2.65. The summed E-state index contributed by atoms with van der Waals surface area (Å²) in [5.41, 5.74) is -1.66. The van der Waals surface area contributed by atoms with Crippen molar-refractivity contribution in [3.63, 3.8) is 0 Å². The maximum atomic E-state index is 11.9. The smallest absolute Gasteiger partial charge is 0.337 e. The Labute approximate surface area is 116 Å². The molecule has 0 fully saturated rings. The molecule has 104 valence electrons. The van der Waals surface area contributed by atoms with E-state index in [-0.39, 0.29) is 16.3 Å². The number of carboxylic acid groups (broad SMARTS) is 2. The first-order valence-corrected chi connectivity index (χ1v) is 5.84. The summed E-state index contributed by atoms with van der Waals surface area (Å²) >= 11 is 0. The van der Waals surface area contributed by atoms with Crippen LogP contribution in [0.2, 0.25) is 0 Å². The standard InChI is InChI=1S/C14H7NO6/c16-11-7-5-3-1-2-4-6(5)8(13(18)19)10(14(20)21)9(7)12(17)15-11/h1-4H,(H,18,19)(H,20,21)(H,15,16,17). The van der Waals surface area contributed by atoms with Crippen molar-refractivity contribution in [3.8, 4) is 0 Å². The van der Waals surface area contributed by atoms with Crippen LogP contribution >= 0.6 is 0 Å². The number of carboxylic acids is 2. The predicted octanol–water partition coefficient (Wildman–Crippen LogP) is 1.12. The molecule has 1 aliphatic heterocycles. The highest BCUT2D eigenvalue weighted by atomic mass is 16.4. The number of carbonyl (C=O) groups is 4. The molecule has 0 saturated heterocycles. The van der Waals surface area contributed by atoms with Crippen LogP contribution in [0.25, 0.3) is 10.8 Å². The van der Waals surface area contributed by atoms with Gasteiger partial charge in [-0.25, -0.2) is 9.59 Å². The zero-order chi connectivity index (χ0) is 15.3. The number of hydrogen-bond donors (Lipinski definition) is 3. The lowest BCUT2D eigenvalue weighted by atomic mass is 9.90. The second-order valence-electron chi connectivity index (χ2n) is 4.44. The van der Waals surface area contributed by atoms with Crippen molar-refractivity contribution in [3.05, 3.63) is 46.5 Å². The number of nitrogens with one attached hydrogen (secondary N) is 1. The van der Waals surface area contributed by atoms with E-state index in [1.165, 1.54) is 18.2 Å². The number of hydrogen-bond acceptors (Lipinski definition) is 4. The van der Waals surface area contributed by atoms with E-state index in [1.807, 2.05) is 5.32 Å². The summed E-state index contributed by atoms with van der Waals surface area (Å²) in [6, 6.07) is 5.98. The fourth-order valence-corrected chi connectivity index (χ4v) is 2.57. The van der Waals surface area contributed by atoms with E-state index in [0.717, 1.165) is 0 Å². The van der Waals surface area contributed by atoms with Gasteiger partial charge in [0.05, 0.1) is 22.3 Å². The molecule has 7 nitrogen and oxygen atoms in total. The molecule has 21 heavy (non-hydrogen) atoms. The van der Waals surface area contributed by atoms with Gasteiger partial charge in [0.2, 0.25) is 0 Å². The molecule has 0 aromatic heterocycles. The Morgan fingerprint density at radius 1 is 0.810 bits per heavy atom. The minimum absolute atomic E-state index is 0.0991. The van der Waals surface area contributed by atoms with E-state index in [2.05, 4.69) is 0 Å². The summed E-state index contributed by atoms with van der Waals surface area (Å²) < 4.78 is 0. The van der Waals surface area contributed by atoms with Crippen molar-refractivity contribution >= 4 is 34.5 Å². The largest absolute Gasteiger partial charge is 0.478 e. The third-order valence-electron chi connectivity index (χ3n) is 3.32. The lowest BCUT2D eigenvalue weighted by Crippen LogP contribution is -2.21. The molecule has 0 spiro atoms. The van der Waals surface area contributed by atoms with Crippen LogP contribution in [0.15, 0.2) is 24.3 Å². The van der Waals surface area contributed by atoms with Gasteiger partial charge in [-0.3, -0.25) is 14.9 Å². The second kappa shape index (κ2) is 4.14. The van der Waals surface area contributed by atoms with E-state index in [4.69, 9.17) is 0 Å². The SMILES string of the molecule is O=C(O)c1c2c(c3ccccc3c1C(=O)O)C(=O)NC2=O. The molecule has 2 amide bonds. The summed E-state index contributed by atoms with van der Waals surface area (Å²) in [6.07, 6.45) is 0. The van der Waals surface area contributed by atoms with Crippen LogP contribution in [0.3, 0.4) is 0 Å². The molecule has 0 atom stereocenters. The highest BCUT2D eigenvalue weighted by Crippen LogP contribution is 2.33. The number of fused-ring (bicyclic) bond motifs is 3. The normalized spacial score (nSPS) is 13.1. The van der Waals surface area contributed by atoms with E-state index >= 15 is 0 Å². The molecule has 0 aliphatic carbocycles. The van der Waals surface area contributed by atoms with Crippen LogP contribution in [-0.2, 0) is 0 Å². The third kappa shape index (κ3) is 1.61. The number of imide groups is 1. The molecular formula is C14H7NO6. The minimum atomic E-state index is -1.57. The molecule has 7 heteroatoms. The van der Waals surface area contributed by atoms with Gasteiger partial charge in [-0.2, -0.15) is 0 Å². The van der Waals surface area contributed by atoms with Crippen molar-refractivity contribution in [2.45, 2.75) is 0 Å². The summed E-state index contributed by atoms with van der Waals surface area (Å²) in [7, 11) is 0. The predicted molar refractivity (Wildman–Crippen MR) is 69.7 cm³/mol. The molecule has 0 saturated carbocycles. The van der Waals surface area contributed by atoms with Crippen LogP contribution in [0.5, 0.6) is 0 Å². The summed E-state index contributed by atoms with van der Waals surface area (Å²) in [4.78, 5) is 46.6. The Bertz CT molecular complexity index is 867. The van der Waals surface area contributed by atoms with Gasteiger partial charge >= 0.3 is 11.9 Å². The van der Waals surface area contributed by atoms with Gasteiger partial charge in [0.15, 0.2) is 0 Å². The Hall–Kier alpha value is -3.22. The zero-order valence-corrected chi connectivity index (χ0v) is 10.3. The van der Waals surface area contributed by atoms with E-state index in [1.54, 1.807) is 6.07 Å². The zero-order valence-electron chi connectivity index (χ0n) is 10.3. The number of amides is 2. The molecule has 1 heterocycles. The monoisotopic (exact) mass is 285 g/mol. The molecular weight excluding hydrogens is 278 g/mol. The fraction of sp³-hybridized carbons (Fsp3) is 0. The molecule has 0 bridgehead atoms. The van der Waals surface area contributed by atoms with Gasteiger partial charge in [0.25, 0.3) is 11.8 Å². The molecule has 3 rings (SSSR count). The number of benzene rings is 2. The van der Waals surface area contributed by atoms with Gasteiger partial charge in [-0.15, -0.1) is 0 Å². The van der Waals surface area contributed by atoms with Crippen molar-refractivity contribution in [1.29, 1.82) is 0 Å². The molecule has 1 aliphatic rings. The van der Waals surface area contributed by atoms with Crippen LogP contribution < -0.4 is 5.32 Å². The highest BCUT2D eigenvalue weighted by Gasteiger charge is 2.37. The van der Waals surface area contributed by atoms with Gasteiger partial charge in [0, 0.05) is 0 Å². The first kappa shape index (κ1) is 12.8. The molecule has 0 radical (unpaired) electrons. The first-order chi connectivity index (χ1) is 9.93. The first-order valence-electron chi connectivity index (χ1n) is 5.84. The van der Waals surface area contributed by atoms with Crippen molar-refractivity contribution in [2.24, 2.45) is 0 Å².